The number of thioether (sulfide) groups is 1. The number of nitrogens with two attached hydrogens (primary N) is 1. The molecule has 1 atom stereocenters. The Bertz CT molecular complexity index is 450. The quantitative estimate of drug-likeness (QED) is 0.701. The van der Waals surface area contributed by atoms with Gasteiger partial charge in [-0.05, 0) is 26.0 Å². The van der Waals surface area contributed by atoms with Crippen LogP contribution in [-0.4, -0.2) is 57.3 Å². The molecule has 0 aromatic carbocycles. The van der Waals surface area contributed by atoms with Gasteiger partial charge >= 0.3 is 0 Å². The molecule has 0 aliphatic carbocycles. The fourth-order valence-corrected chi connectivity index (χ4v) is 2.87. The second kappa shape index (κ2) is 6.45. The molecule has 112 valence electrons. The smallest absolute Gasteiger partial charge is 0.231 e. The van der Waals surface area contributed by atoms with Gasteiger partial charge in [-0.2, -0.15) is 26.7 Å². The molecule has 1 fully saturated rings. The SMILES string of the molecule is CSCC(C)(O)CNc1nc(N)nc(N2CCCC2)n1. The van der Waals surface area contributed by atoms with Crippen LogP contribution in [0.15, 0.2) is 0 Å². The predicted octanol–water partition coefficient (Wildman–Crippen LogP) is 0.580. The van der Waals surface area contributed by atoms with Crippen molar-refractivity contribution in [2.24, 2.45) is 0 Å². The van der Waals surface area contributed by atoms with Crippen LogP contribution in [0.2, 0.25) is 0 Å². The summed E-state index contributed by atoms with van der Waals surface area (Å²) in [7, 11) is 0. The monoisotopic (exact) mass is 298 g/mol. The van der Waals surface area contributed by atoms with E-state index in [0.717, 1.165) is 25.9 Å². The van der Waals surface area contributed by atoms with Gasteiger partial charge in [0.2, 0.25) is 17.8 Å². The van der Waals surface area contributed by atoms with Crippen LogP contribution in [0, 0.1) is 0 Å². The Morgan fingerprint density at radius 2 is 2.05 bits per heavy atom. The fraction of sp³-hybridized carbons (Fsp3) is 0.750. The van der Waals surface area contributed by atoms with Crippen LogP contribution in [0.25, 0.3) is 0 Å². The van der Waals surface area contributed by atoms with Gasteiger partial charge in [-0.25, -0.2) is 0 Å². The Morgan fingerprint density at radius 1 is 1.35 bits per heavy atom. The summed E-state index contributed by atoms with van der Waals surface area (Å²) in [5.41, 5.74) is 4.92. The lowest BCUT2D eigenvalue weighted by atomic mass is 10.1. The Balaban J connectivity index is 2.04. The maximum absolute atomic E-state index is 10.1. The van der Waals surface area contributed by atoms with Gasteiger partial charge < -0.3 is 21.1 Å². The van der Waals surface area contributed by atoms with Crippen molar-refractivity contribution < 1.29 is 5.11 Å². The zero-order valence-electron chi connectivity index (χ0n) is 12.0. The maximum atomic E-state index is 10.1. The molecule has 0 amide bonds. The van der Waals surface area contributed by atoms with E-state index in [1.165, 1.54) is 0 Å². The second-order valence-corrected chi connectivity index (χ2v) is 6.16. The van der Waals surface area contributed by atoms with E-state index in [-0.39, 0.29) is 5.95 Å². The summed E-state index contributed by atoms with van der Waals surface area (Å²) in [5, 5.41) is 13.2. The van der Waals surface area contributed by atoms with E-state index < -0.39 is 5.60 Å². The van der Waals surface area contributed by atoms with Crippen molar-refractivity contribution in [1.82, 2.24) is 15.0 Å². The van der Waals surface area contributed by atoms with E-state index >= 15 is 0 Å². The van der Waals surface area contributed by atoms with E-state index in [4.69, 9.17) is 5.73 Å². The van der Waals surface area contributed by atoms with Crippen LogP contribution in [-0.2, 0) is 0 Å². The van der Waals surface area contributed by atoms with E-state index in [1.807, 2.05) is 6.26 Å². The third-order valence-corrected chi connectivity index (χ3v) is 4.02. The summed E-state index contributed by atoms with van der Waals surface area (Å²) in [4.78, 5) is 14.7. The Morgan fingerprint density at radius 3 is 2.70 bits per heavy atom. The molecule has 0 spiro atoms. The first kappa shape index (κ1) is 15.1. The second-order valence-electron chi connectivity index (χ2n) is 5.29. The minimum atomic E-state index is -0.811. The zero-order chi connectivity index (χ0) is 14.6. The lowest BCUT2D eigenvalue weighted by Crippen LogP contribution is -2.36. The number of aromatic nitrogens is 3. The normalized spacial score (nSPS) is 18.1. The summed E-state index contributed by atoms with van der Waals surface area (Å²) >= 11 is 1.59. The van der Waals surface area contributed by atoms with Crippen molar-refractivity contribution in [3.05, 3.63) is 0 Å². The Kier molecular flexibility index (Phi) is 4.87. The molecule has 1 aliphatic heterocycles. The summed E-state index contributed by atoms with van der Waals surface area (Å²) in [6.45, 7) is 4.05. The highest BCUT2D eigenvalue weighted by molar-refractivity contribution is 7.98. The number of hydrogen-bond acceptors (Lipinski definition) is 8. The number of hydrogen-bond donors (Lipinski definition) is 3. The fourth-order valence-electron chi connectivity index (χ4n) is 2.15. The van der Waals surface area contributed by atoms with E-state index in [9.17, 15) is 5.11 Å². The summed E-state index contributed by atoms with van der Waals surface area (Å²) in [5.74, 6) is 1.87. The van der Waals surface area contributed by atoms with Gasteiger partial charge in [0.15, 0.2) is 0 Å². The molecule has 0 radical (unpaired) electrons. The molecule has 0 bridgehead atoms. The predicted molar refractivity (Wildman–Crippen MR) is 83.2 cm³/mol. The standard InChI is InChI=1S/C12H22N6OS/c1-12(19,8-20-2)7-14-10-15-9(13)16-11(17-10)18-5-3-4-6-18/h19H,3-8H2,1-2H3,(H3,13,14,15,16,17). The highest BCUT2D eigenvalue weighted by Crippen LogP contribution is 2.18. The largest absolute Gasteiger partial charge is 0.387 e. The van der Waals surface area contributed by atoms with Crippen LogP contribution in [0.1, 0.15) is 19.8 Å². The van der Waals surface area contributed by atoms with Crippen molar-refractivity contribution in [2.75, 3.05) is 47.6 Å². The van der Waals surface area contributed by atoms with Gasteiger partial charge in [0.05, 0.1) is 5.60 Å². The molecule has 7 nitrogen and oxygen atoms in total. The van der Waals surface area contributed by atoms with E-state index in [2.05, 4.69) is 25.2 Å². The molecule has 1 aromatic heterocycles. The summed E-state index contributed by atoms with van der Waals surface area (Å²) in [6.07, 6.45) is 4.26. The third kappa shape index (κ3) is 4.11. The zero-order valence-corrected chi connectivity index (χ0v) is 12.8. The van der Waals surface area contributed by atoms with Crippen LogP contribution < -0.4 is 16.0 Å². The van der Waals surface area contributed by atoms with E-state index in [0.29, 0.717) is 24.2 Å². The van der Waals surface area contributed by atoms with Gasteiger partial charge in [0.25, 0.3) is 0 Å². The van der Waals surface area contributed by atoms with Crippen LogP contribution >= 0.6 is 11.8 Å². The van der Waals surface area contributed by atoms with Crippen LogP contribution in [0.3, 0.4) is 0 Å². The first-order valence-corrected chi connectivity index (χ1v) is 8.11. The van der Waals surface area contributed by atoms with Gasteiger partial charge in [0, 0.05) is 25.4 Å². The van der Waals surface area contributed by atoms with Gasteiger partial charge in [-0.1, -0.05) is 0 Å². The average Bonchev–Trinajstić information content (AvgIpc) is 2.90. The van der Waals surface area contributed by atoms with Crippen molar-refractivity contribution in [2.45, 2.75) is 25.4 Å². The highest BCUT2D eigenvalue weighted by atomic mass is 32.2. The molecule has 1 aliphatic rings. The van der Waals surface area contributed by atoms with Crippen molar-refractivity contribution in [3.63, 3.8) is 0 Å². The number of nitrogens with zero attached hydrogens (tertiary/aromatic N) is 4. The number of rotatable bonds is 6. The topological polar surface area (TPSA) is 100 Å². The molecule has 1 saturated heterocycles. The molecule has 4 N–H and O–H groups in total. The summed E-state index contributed by atoms with van der Waals surface area (Å²) < 4.78 is 0. The third-order valence-electron chi connectivity index (χ3n) is 3.11. The molecule has 1 aromatic rings. The number of anilines is 3. The molecular formula is C12H22N6OS. The minimum Gasteiger partial charge on any atom is -0.387 e. The molecule has 0 saturated carbocycles. The molecule has 2 heterocycles. The highest BCUT2D eigenvalue weighted by Gasteiger charge is 2.21. The molecule has 20 heavy (non-hydrogen) atoms. The lowest BCUT2D eigenvalue weighted by Gasteiger charge is -2.23. The lowest BCUT2D eigenvalue weighted by molar-refractivity contribution is 0.0995. The van der Waals surface area contributed by atoms with Crippen molar-refractivity contribution in [3.8, 4) is 0 Å². The van der Waals surface area contributed by atoms with E-state index in [1.54, 1.807) is 18.7 Å². The van der Waals surface area contributed by atoms with Gasteiger partial charge in [0.1, 0.15) is 0 Å². The number of nitrogens with one attached hydrogen (secondary N) is 1. The minimum absolute atomic E-state index is 0.203. The first-order chi connectivity index (χ1) is 9.50. The Labute approximate surface area is 123 Å². The summed E-state index contributed by atoms with van der Waals surface area (Å²) in [6, 6.07) is 0. The van der Waals surface area contributed by atoms with Crippen LogP contribution in [0.4, 0.5) is 17.8 Å². The van der Waals surface area contributed by atoms with Gasteiger partial charge in [-0.15, -0.1) is 0 Å². The van der Waals surface area contributed by atoms with Crippen LogP contribution in [0.5, 0.6) is 0 Å². The number of aliphatic hydroxyl groups is 1. The molecular weight excluding hydrogens is 276 g/mol. The van der Waals surface area contributed by atoms with Crippen molar-refractivity contribution in [1.29, 1.82) is 0 Å². The molecule has 1 unspecified atom stereocenters. The molecule has 8 heteroatoms. The average molecular weight is 298 g/mol. The van der Waals surface area contributed by atoms with Gasteiger partial charge in [-0.3, -0.25) is 0 Å². The first-order valence-electron chi connectivity index (χ1n) is 6.72. The van der Waals surface area contributed by atoms with Crippen molar-refractivity contribution >= 4 is 29.6 Å². The number of nitrogen functional groups attached to an aromatic ring is 1. The molecule has 2 rings (SSSR count). The maximum Gasteiger partial charge on any atom is 0.231 e. The Hall–Kier alpha value is -1.28.